The first-order valence-corrected chi connectivity index (χ1v) is 12.7. The van der Waals surface area contributed by atoms with Gasteiger partial charge in [-0.15, -0.1) is 0 Å². The minimum absolute atomic E-state index is 0.0994. The van der Waals surface area contributed by atoms with Crippen molar-refractivity contribution in [3.63, 3.8) is 0 Å². The van der Waals surface area contributed by atoms with Crippen molar-refractivity contribution in [2.75, 3.05) is 29.6 Å². The number of nitrogens with one attached hydrogen (secondary N) is 1. The number of halogens is 2. The van der Waals surface area contributed by atoms with Crippen LogP contribution in [0.2, 0.25) is 0 Å². The predicted octanol–water partition coefficient (Wildman–Crippen LogP) is 1.69. The molecule has 3 atom stereocenters. The number of anilines is 2. The molecule has 0 bridgehead atoms. The monoisotopic (exact) mass is 473 g/mol. The van der Waals surface area contributed by atoms with Gasteiger partial charge < -0.3 is 10.4 Å². The first-order chi connectivity index (χ1) is 14.8. The summed E-state index contributed by atoms with van der Waals surface area (Å²) in [5.74, 6) is -5.85. The second-order valence-electron chi connectivity index (χ2n) is 9.33. The van der Waals surface area contributed by atoms with Crippen LogP contribution in [0.15, 0.2) is 6.20 Å². The van der Waals surface area contributed by atoms with Crippen molar-refractivity contribution in [3.05, 3.63) is 11.8 Å². The maximum atomic E-state index is 15.0. The fraction of sp³-hybridized carbons (Fsp3) is 0.750. The highest BCUT2D eigenvalue weighted by Crippen LogP contribution is 2.48. The van der Waals surface area contributed by atoms with Crippen LogP contribution in [0.4, 0.5) is 20.5 Å². The Labute approximate surface area is 186 Å². The van der Waals surface area contributed by atoms with Gasteiger partial charge in [0.25, 0.3) is 5.92 Å². The molecule has 3 heterocycles. The lowest BCUT2D eigenvalue weighted by atomic mass is 9.88. The summed E-state index contributed by atoms with van der Waals surface area (Å²) in [5, 5.41) is 13.9. The molecule has 1 aromatic rings. The highest BCUT2D eigenvalue weighted by molar-refractivity contribution is 7.88. The molecule has 0 spiro atoms. The molecule has 1 saturated carbocycles. The molecule has 9 nitrogen and oxygen atoms in total. The van der Waals surface area contributed by atoms with Crippen LogP contribution in [0, 0.1) is 5.92 Å². The number of amides is 1. The topological polar surface area (TPSA) is 116 Å². The van der Waals surface area contributed by atoms with Crippen LogP contribution in [-0.4, -0.2) is 70.7 Å². The maximum absolute atomic E-state index is 15.0. The number of carbonyl (C=O) groups is 1. The highest BCUT2D eigenvalue weighted by atomic mass is 32.2. The molecule has 4 rings (SSSR count). The van der Waals surface area contributed by atoms with Crippen LogP contribution >= 0.6 is 0 Å². The van der Waals surface area contributed by atoms with Gasteiger partial charge >= 0.3 is 0 Å². The van der Waals surface area contributed by atoms with E-state index in [1.807, 2.05) is 0 Å². The van der Waals surface area contributed by atoms with Gasteiger partial charge in [0.1, 0.15) is 5.92 Å². The van der Waals surface area contributed by atoms with Crippen LogP contribution in [0.1, 0.15) is 51.5 Å². The summed E-state index contributed by atoms with van der Waals surface area (Å²) in [5.41, 5.74) is -1.62. The van der Waals surface area contributed by atoms with Crippen molar-refractivity contribution in [2.45, 2.75) is 69.6 Å². The van der Waals surface area contributed by atoms with Crippen LogP contribution in [0.3, 0.4) is 0 Å². The number of piperidine rings is 1. The molecule has 0 aromatic carbocycles. The van der Waals surface area contributed by atoms with E-state index in [0.717, 1.165) is 12.5 Å². The van der Waals surface area contributed by atoms with Crippen molar-refractivity contribution in [1.29, 1.82) is 0 Å². The SMILES string of the molecule is CC1C(=O)N(C2CCCC2(C)O)c2nc(NC3CCN(S(C)(=O)=O)CC3)ncc2C1(F)F. The molecule has 1 aromatic heterocycles. The maximum Gasteiger partial charge on any atom is 0.289 e. The number of carbonyl (C=O) groups excluding carboxylic acids is 1. The number of alkyl halides is 2. The van der Waals surface area contributed by atoms with E-state index >= 15 is 0 Å². The Balaban J connectivity index is 1.63. The fourth-order valence-electron chi connectivity index (χ4n) is 4.92. The van der Waals surface area contributed by atoms with E-state index in [9.17, 15) is 27.1 Å². The highest BCUT2D eigenvalue weighted by Gasteiger charge is 2.56. The summed E-state index contributed by atoms with van der Waals surface area (Å²) in [6.45, 7) is 3.48. The largest absolute Gasteiger partial charge is 0.388 e. The molecule has 2 N–H and O–H groups in total. The van der Waals surface area contributed by atoms with Gasteiger partial charge in [0.15, 0.2) is 5.82 Å². The smallest absolute Gasteiger partial charge is 0.289 e. The lowest BCUT2D eigenvalue weighted by molar-refractivity contribution is -0.141. The Morgan fingerprint density at radius 1 is 1.25 bits per heavy atom. The normalized spacial score (nSPS) is 31.6. The summed E-state index contributed by atoms with van der Waals surface area (Å²) in [4.78, 5) is 22.6. The molecule has 1 aliphatic carbocycles. The summed E-state index contributed by atoms with van der Waals surface area (Å²) in [6.07, 6.45) is 4.88. The number of aliphatic hydroxyl groups is 1. The number of aromatic nitrogens is 2. The van der Waals surface area contributed by atoms with E-state index in [1.54, 1.807) is 6.92 Å². The van der Waals surface area contributed by atoms with Gasteiger partial charge in [-0.2, -0.15) is 4.98 Å². The Hall–Kier alpha value is -1.92. The predicted molar refractivity (Wildman–Crippen MR) is 114 cm³/mol. The van der Waals surface area contributed by atoms with E-state index in [1.165, 1.54) is 16.1 Å². The molecule has 1 saturated heterocycles. The van der Waals surface area contributed by atoms with Crippen LogP contribution < -0.4 is 10.2 Å². The number of fused-ring (bicyclic) bond motifs is 1. The van der Waals surface area contributed by atoms with Crippen LogP contribution in [0.25, 0.3) is 0 Å². The zero-order valence-electron chi connectivity index (χ0n) is 18.4. The molecular weight excluding hydrogens is 444 g/mol. The number of hydrogen-bond donors (Lipinski definition) is 2. The van der Waals surface area contributed by atoms with Gasteiger partial charge in [-0.05, 0) is 46.0 Å². The molecule has 2 aliphatic heterocycles. The summed E-state index contributed by atoms with van der Waals surface area (Å²) >= 11 is 0. The Morgan fingerprint density at radius 2 is 1.91 bits per heavy atom. The Morgan fingerprint density at radius 3 is 2.47 bits per heavy atom. The second-order valence-corrected chi connectivity index (χ2v) is 11.3. The summed E-state index contributed by atoms with van der Waals surface area (Å²) in [7, 11) is -3.26. The third kappa shape index (κ3) is 3.96. The minimum atomic E-state index is -3.42. The fourth-order valence-corrected chi connectivity index (χ4v) is 5.79. The van der Waals surface area contributed by atoms with Crippen LogP contribution in [0.5, 0.6) is 0 Å². The number of nitrogens with zero attached hydrogens (tertiary/aromatic N) is 4. The number of rotatable bonds is 4. The number of hydrogen-bond acceptors (Lipinski definition) is 7. The van der Waals surface area contributed by atoms with Crippen molar-refractivity contribution in [2.24, 2.45) is 5.92 Å². The molecular formula is C20H29F2N5O4S. The minimum Gasteiger partial charge on any atom is -0.388 e. The lowest BCUT2D eigenvalue weighted by Gasteiger charge is -2.43. The molecule has 3 unspecified atom stereocenters. The Kier molecular flexibility index (Phi) is 5.70. The first kappa shape index (κ1) is 23.2. The van der Waals surface area contributed by atoms with E-state index in [4.69, 9.17) is 0 Å². The molecule has 1 amide bonds. The second kappa shape index (κ2) is 7.84. The van der Waals surface area contributed by atoms with Gasteiger partial charge in [0.05, 0.1) is 23.5 Å². The lowest BCUT2D eigenvalue weighted by Crippen LogP contribution is -2.57. The van der Waals surface area contributed by atoms with Gasteiger partial charge in [0.2, 0.25) is 21.9 Å². The zero-order chi connectivity index (χ0) is 23.5. The van der Waals surface area contributed by atoms with Crippen molar-refractivity contribution >= 4 is 27.7 Å². The van der Waals surface area contributed by atoms with E-state index in [0.29, 0.717) is 45.2 Å². The van der Waals surface area contributed by atoms with Gasteiger partial charge in [-0.3, -0.25) is 9.69 Å². The summed E-state index contributed by atoms with van der Waals surface area (Å²) < 4.78 is 54.7. The standard InChI is InChI=1S/C20H29F2N5O4S/c1-12-17(28)27(15-5-4-8-19(15,2)29)16-14(20(12,21)22)11-23-18(25-16)24-13-6-9-26(10-7-13)32(3,30)31/h11-13,15,29H,4-10H2,1-3H3,(H,23,24,25). The van der Waals surface area contributed by atoms with E-state index < -0.39 is 45.0 Å². The van der Waals surface area contributed by atoms with Gasteiger partial charge in [-0.25, -0.2) is 26.5 Å². The molecule has 2 fully saturated rings. The van der Waals surface area contributed by atoms with Crippen molar-refractivity contribution in [3.8, 4) is 0 Å². The van der Waals surface area contributed by atoms with Crippen molar-refractivity contribution < 1.29 is 27.1 Å². The molecule has 0 radical (unpaired) electrons. The number of sulfonamides is 1. The first-order valence-electron chi connectivity index (χ1n) is 10.8. The quantitative estimate of drug-likeness (QED) is 0.684. The molecule has 32 heavy (non-hydrogen) atoms. The van der Waals surface area contributed by atoms with Crippen LogP contribution in [-0.2, 0) is 20.7 Å². The molecule has 178 valence electrons. The third-order valence-electron chi connectivity index (χ3n) is 6.95. The Bertz CT molecular complexity index is 1010. The average Bonchev–Trinajstić information content (AvgIpc) is 3.05. The third-order valence-corrected chi connectivity index (χ3v) is 8.26. The van der Waals surface area contributed by atoms with E-state index in [-0.39, 0.29) is 17.8 Å². The molecule has 3 aliphatic rings. The van der Waals surface area contributed by atoms with Crippen molar-refractivity contribution in [1.82, 2.24) is 14.3 Å². The summed E-state index contributed by atoms with van der Waals surface area (Å²) in [6, 6.07) is -0.777. The average molecular weight is 474 g/mol. The molecule has 12 heteroatoms. The van der Waals surface area contributed by atoms with E-state index in [2.05, 4.69) is 15.3 Å². The van der Waals surface area contributed by atoms with Gasteiger partial charge in [0, 0.05) is 25.3 Å². The zero-order valence-corrected chi connectivity index (χ0v) is 19.2. The van der Waals surface area contributed by atoms with Gasteiger partial charge in [-0.1, -0.05) is 0 Å².